The molecule has 1 aromatic carbocycles. The van der Waals surface area contributed by atoms with Gasteiger partial charge < -0.3 is 9.64 Å². The average molecular weight is 242 g/mol. The van der Waals surface area contributed by atoms with Crippen LogP contribution in [0.4, 0.5) is 0 Å². The van der Waals surface area contributed by atoms with Gasteiger partial charge >= 0.3 is 0 Å². The van der Waals surface area contributed by atoms with Gasteiger partial charge in [0.1, 0.15) is 5.75 Å². The molecule has 0 aliphatic carbocycles. The summed E-state index contributed by atoms with van der Waals surface area (Å²) in [5.74, 6) is 1.65. The molecule has 0 aliphatic rings. The summed E-state index contributed by atoms with van der Waals surface area (Å²) < 4.78 is 5.24. The fourth-order valence-corrected chi connectivity index (χ4v) is 1.96. The van der Waals surface area contributed by atoms with Crippen LogP contribution in [-0.2, 0) is 6.42 Å². The molecule has 2 nitrogen and oxygen atoms in total. The van der Waals surface area contributed by atoms with Crippen LogP contribution in [0.25, 0.3) is 0 Å². The van der Waals surface area contributed by atoms with Crippen molar-refractivity contribution in [1.29, 1.82) is 0 Å². The number of ether oxygens (including phenoxy) is 1. The SMILES string of the molecule is COc1ccc(CCN(C)CCCl)cc1C. The van der Waals surface area contributed by atoms with Gasteiger partial charge in [0.15, 0.2) is 0 Å². The molecule has 0 saturated heterocycles. The molecule has 0 saturated carbocycles. The van der Waals surface area contributed by atoms with Gasteiger partial charge in [0.25, 0.3) is 0 Å². The fraction of sp³-hybridized carbons (Fsp3) is 0.538. The number of rotatable bonds is 6. The molecule has 0 radical (unpaired) electrons. The van der Waals surface area contributed by atoms with Crippen LogP contribution in [0.1, 0.15) is 11.1 Å². The number of nitrogens with zero attached hydrogens (tertiary/aromatic N) is 1. The van der Waals surface area contributed by atoms with Crippen molar-refractivity contribution < 1.29 is 4.74 Å². The minimum absolute atomic E-state index is 0.693. The smallest absolute Gasteiger partial charge is 0.121 e. The standard InChI is InChI=1S/C13H20ClNO/c1-11-10-12(4-5-13(11)16-3)6-8-15(2)9-7-14/h4-5,10H,6-9H2,1-3H3. The van der Waals surface area contributed by atoms with Crippen LogP contribution in [0.5, 0.6) is 5.75 Å². The van der Waals surface area contributed by atoms with E-state index in [9.17, 15) is 0 Å². The third kappa shape index (κ3) is 4.03. The molecule has 0 unspecified atom stereocenters. The van der Waals surface area contributed by atoms with E-state index >= 15 is 0 Å². The molecule has 16 heavy (non-hydrogen) atoms. The van der Waals surface area contributed by atoms with Crippen molar-refractivity contribution in [2.45, 2.75) is 13.3 Å². The van der Waals surface area contributed by atoms with Crippen molar-refractivity contribution in [2.75, 3.05) is 33.1 Å². The Hall–Kier alpha value is -0.730. The van der Waals surface area contributed by atoms with Crippen molar-refractivity contribution in [3.05, 3.63) is 29.3 Å². The molecule has 0 spiro atoms. The number of aryl methyl sites for hydroxylation is 1. The lowest BCUT2D eigenvalue weighted by Gasteiger charge is -2.15. The molecule has 1 aromatic rings. The highest BCUT2D eigenvalue weighted by Gasteiger charge is 2.02. The van der Waals surface area contributed by atoms with Gasteiger partial charge in [0, 0.05) is 19.0 Å². The van der Waals surface area contributed by atoms with Gasteiger partial charge in [0.05, 0.1) is 7.11 Å². The number of likely N-dealkylation sites (N-methyl/N-ethyl adjacent to an activating group) is 1. The molecular weight excluding hydrogens is 222 g/mol. The van der Waals surface area contributed by atoms with E-state index < -0.39 is 0 Å². The maximum absolute atomic E-state index is 5.68. The predicted octanol–water partition coefficient (Wildman–Crippen LogP) is 2.72. The first-order valence-electron chi connectivity index (χ1n) is 5.55. The Kier molecular flexibility index (Phi) is 5.64. The van der Waals surface area contributed by atoms with Crippen molar-refractivity contribution in [2.24, 2.45) is 0 Å². The van der Waals surface area contributed by atoms with Crippen LogP contribution in [0.15, 0.2) is 18.2 Å². The van der Waals surface area contributed by atoms with Crippen molar-refractivity contribution in [3.63, 3.8) is 0 Å². The van der Waals surface area contributed by atoms with Gasteiger partial charge in [-0.15, -0.1) is 11.6 Å². The van der Waals surface area contributed by atoms with Gasteiger partial charge in [-0.25, -0.2) is 0 Å². The Morgan fingerprint density at radius 3 is 2.62 bits per heavy atom. The average Bonchev–Trinajstić information content (AvgIpc) is 2.27. The van der Waals surface area contributed by atoms with E-state index in [2.05, 4.69) is 31.0 Å². The van der Waals surface area contributed by atoms with Crippen molar-refractivity contribution >= 4 is 11.6 Å². The van der Waals surface area contributed by atoms with Gasteiger partial charge in [-0.2, -0.15) is 0 Å². The zero-order chi connectivity index (χ0) is 12.0. The normalized spacial score (nSPS) is 10.8. The molecule has 0 atom stereocenters. The van der Waals surface area contributed by atoms with Crippen LogP contribution in [-0.4, -0.2) is 38.0 Å². The molecule has 0 aliphatic heterocycles. The maximum atomic E-state index is 5.68. The number of hydrogen-bond acceptors (Lipinski definition) is 2. The highest BCUT2D eigenvalue weighted by atomic mass is 35.5. The molecular formula is C13H20ClNO. The third-order valence-corrected chi connectivity index (χ3v) is 2.88. The van der Waals surface area contributed by atoms with E-state index in [1.165, 1.54) is 11.1 Å². The Morgan fingerprint density at radius 2 is 2.06 bits per heavy atom. The minimum atomic E-state index is 0.693. The van der Waals surface area contributed by atoms with E-state index in [0.717, 1.165) is 25.3 Å². The summed E-state index contributed by atoms with van der Waals surface area (Å²) in [5, 5.41) is 0. The number of alkyl halides is 1. The summed E-state index contributed by atoms with van der Waals surface area (Å²) >= 11 is 5.68. The second kappa shape index (κ2) is 6.77. The van der Waals surface area contributed by atoms with E-state index in [0.29, 0.717) is 5.88 Å². The van der Waals surface area contributed by atoms with E-state index in [4.69, 9.17) is 16.3 Å². The summed E-state index contributed by atoms with van der Waals surface area (Å²) in [7, 11) is 3.80. The highest BCUT2D eigenvalue weighted by molar-refractivity contribution is 6.18. The topological polar surface area (TPSA) is 12.5 Å². The molecule has 0 fully saturated rings. The first-order chi connectivity index (χ1) is 7.67. The molecule has 0 aromatic heterocycles. The van der Waals surface area contributed by atoms with Crippen LogP contribution in [0, 0.1) is 6.92 Å². The van der Waals surface area contributed by atoms with Gasteiger partial charge in [-0.05, 0) is 37.6 Å². The van der Waals surface area contributed by atoms with Crippen LogP contribution < -0.4 is 4.74 Å². The largest absolute Gasteiger partial charge is 0.496 e. The summed E-state index contributed by atoms with van der Waals surface area (Å²) in [4.78, 5) is 2.24. The summed E-state index contributed by atoms with van der Waals surface area (Å²) in [5.41, 5.74) is 2.54. The van der Waals surface area contributed by atoms with Crippen LogP contribution in [0.3, 0.4) is 0 Å². The van der Waals surface area contributed by atoms with Crippen LogP contribution >= 0.6 is 11.6 Å². The first kappa shape index (κ1) is 13.3. The number of benzene rings is 1. The predicted molar refractivity (Wildman–Crippen MR) is 69.7 cm³/mol. The lowest BCUT2D eigenvalue weighted by Crippen LogP contribution is -2.23. The summed E-state index contributed by atoms with van der Waals surface area (Å²) in [6.45, 7) is 4.06. The minimum Gasteiger partial charge on any atom is -0.496 e. The number of methoxy groups -OCH3 is 1. The zero-order valence-corrected chi connectivity index (χ0v) is 11.0. The van der Waals surface area contributed by atoms with Crippen molar-refractivity contribution in [3.8, 4) is 5.75 Å². The second-order valence-corrected chi connectivity index (χ2v) is 4.42. The van der Waals surface area contributed by atoms with E-state index in [1.54, 1.807) is 7.11 Å². The Balaban J connectivity index is 2.51. The summed E-state index contributed by atoms with van der Waals surface area (Å²) in [6, 6.07) is 6.35. The molecule has 3 heteroatoms. The first-order valence-corrected chi connectivity index (χ1v) is 6.09. The van der Waals surface area contributed by atoms with Crippen molar-refractivity contribution in [1.82, 2.24) is 4.90 Å². The van der Waals surface area contributed by atoms with Gasteiger partial charge in [0.2, 0.25) is 0 Å². The Bertz CT molecular complexity index is 328. The lowest BCUT2D eigenvalue weighted by atomic mass is 10.1. The van der Waals surface area contributed by atoms with Crippen LogP contribution in [0.2, 0.25) is 0 Å². The van der Waals surface area contributed by atoms with E-state index in [-0.39, 0.29) is 0 Å². The number of halogens is 1. The second-order valence-electron chi connectivity index (χ2n) is 4.05. The van der Waals surface area contributed by atoms with E-state index in [1.807, 2.05) is 6.07 Å². The molecule has 0 N–H and O–H groups in total. The lowest BCUT2D eigenvalue weighted by molar-refractivity contribution is 0.359. The quantitative estimate of drug-likeness (QED) is 0.711. The van der Waals surface area contributed by atoms with Gasteiger partial charge in [-0.3, -0.25) is 0 Å². The molecule has 0 heterocycles. The fourth-order valence-electron chi connectivity index (χ4n) is 1.67. The molecule has 0 amide bonds. The third-order valence-electron chi connectivity index (χ3n) is 2.71. The summed E-state index contributed by atoms with van der Waals surface area (Å²) in [6.07, 6.45) is 1.05. The van der Waals surface area contributed by atoms with Gasteiger partial charge in [-0.1, -0.05) is 12.1 Å². The Morgan fingerprint density at radius 1 is 1.31 bits per heavy atom. The monoisotopic (exact) mass is 241 g/mol. The maximum Gasteiger partial charge on any atom is 0.121 e. The highest BCUT2D eigenvalue weighted by Crippen LogP contribution is 2.18. The molecule has 1 rings (SSSR count). The molecule has 90 valence electrons. The Labute approximate surface area is 103 Å². The number of hydrogen-bond donors (Lipinski definition) is 0. The molecule has 0 bridgehead atoms. The zero-order valence-electron chi connectivity index (χ0n) is 10.3.